The molecule has 2 atom stereocenters. The van der Waals surface area contributed by atoms with Crippen LogP contribution < -0.4 is 10.5 Å². The molecule has 1 saturated carbocycles. The Balaban J connectivity index is 2.51. The van der Waals surface area contributed by atoms with Crippen molar-refractivity contribution >= 4 is 10.0 Å². The Morgan fingerprint density at radius 2 is 1.94 bits per heavy atom. The van der Waals surface area contributed by atoms with Crippen molar-refractivity contribution in [1.82, 2.24) is 4.72 Å². The number of nitrogens with two attached hydrogens (primary N) is 1. The van der Waals surface area contributed by atoms with Gasteiger partial charge >= 0.3 is 0 Å². The average molecular weight is 276 g/mol. The number of hydrogen-bond acceptors (Lipinski definition) is 3. The van der Waals surface area contributed by atoms with Crippen LogP contribution >= 0.6 is 0 Å². The highest BCUT2D eigenvalue weighted by molar-refractivity contribution is 7.89. The first-order chi connectivity index (χ1) is 8.48. The molecule has 0 spiro atoms. The summed E-state index contributed by atoms with van der Waals surface area (Å²) in [5.41, 5.74) is 5.72. The molecule has 18 heavy (non-hydrogen) atoms. The van der Waals surface area contributed by atoms with E-state index >= 15 is 0 Å². The highest BCUT2D eigenvalue weighted by Gasteiger charge is 2.28. The Morgan fingerprint density at radius 1 is 1.33 bits per heavy atom. The molecule has 0 aromatic heterocycles. The molecule has 108 valence electrons. The first-order valence-electron chi connectivity index (χ1n) is 7.18. The van der Waals surface area contributed by atoms with Gasteiger partial charge in [-0.1, -0.05) is 33.1 Å². The van der Waals surface area contributed by atoms with E-state index in [1.165, 1.54) is 12.8 Å². The second-order valence-corrected chi connectivity index (χ2v) is 7.48. The van der Waals surface area contributed by atoms with Crippen LogP contribution in [0.3, 0.4) is 0 Å². The molecule has 0 aromatic carbocycles. The summed E-state index contributed by atoms with van der Waals surface area (Å²) in [5.74, 6) is 0.880. The van der Waals surface area contributed by atoms with Gasteiger partial charge in [0.1, 0.15) is 0 Å². The van der Waals surface area contributed by atoms with Gasteiger partial charge in [0.25, 0.3) is 0 Å². The zero-order chi connectivity index (χ0) is 13.6. The second-order valence-electron chi connectivity index (χ2n) is 5.68. The summed E-state index contributed by atoms with van der Waals surface area (Å²) in [6.45, 7) is 4.49. The Bertz CT molecular complexity index is 324. The van der Waals surface area contributed by atoms with Gasteiger partial charge in [0.2, 0.25) is 10.0 Å². The fourth-order valence-electron chi connectivity index (χ4n) is 2.93. The Hall–Kier alpha value is -0.130. The van der Waals surface area contributed by atoms with Gasteiger partial charge in [-0.15, -0.1) is 0 Å². The minimum Gasteiger partial charge on any atom is -0.329 e. The fourth-order valence-corrected chi connectivity index (χ4v) is 4.69. The zero-order valence-corrected chi connectivity index (χ0v) is 12.5. The van der Waals surface area contributed by atoms with E-state index in [1.54, 1.807) is 0 Å². The lowest BCUT2D eigenvalue weighted by molar-refractivity contribution is 0.403. The number of sulfonamides is 1. The van der Waals surface area contributed by atoms with Crippen molar-refractivity contribution < 1.29 is 8.42 Å². The lowest BCUT2D eigenvalue weighted by atomic mass is 9.99. The van der Waals surface area contributed by atoms with E-state index in [-0.39, 0.29) is 17.7 Å². The third-order valence-electron chi connectivity index (χ3n) is 3.84. The molecule has 0 aliphatic heterocycles. The molecule has 1 rings (SSSR count). The van der Waals surface area contributed by atoms with Crippen molar-refractivity contribution in [3.8, 4) is 0 Å². The minimum atomic E-state index is -3.18. The van der Waals surface area contributed by atoms with Crippen LogP contribution in [0, 0.1) is 11.8 Å². The second kappa shape index (κ2) is 7.46. The highest BCUT2D eigenvalue weighted by Crippen LogP contribution is 2.27. The maximum atomic E-state index is 12.1. The summed E-state index contributed by atoms with van der Waals surface area (Å²) < 4.78 is 27.0. The molecule has 1 aliphatic carbocycles. The van der Waals surface area contributed by atoms with Gasteiger partial charge in [-0.3, -0.25) is 0 Å². The van der Waals surface area contributed by atoms with Crippen LogP contribution in [0.15, 0.2) is 0 Å². The summed E-state index contributed by atoms with van der Waals surface area (Å²) in [5, 5.41) is 0. The maximum Gasteiger partial charge on any atom is 0.212 e. The molecule has 0 bridgehead atoms. The van der Waals surface area contributed by atoms with Crippen molar-refractivity contribution in [3.63, 3.8) is 0 Å². The van der Waals surface area contributed by atoms with Gasteiger partial charge in [-0.25, -0.2) is 13.1 Å². The van der Waals surface area contributed by atoms with Crippen LogP contribution in [0.2, 0.25) is 0 Å². The van der Waals surface area contributed by atoms with Crippen LogP contribution in [0.25, 0.3) is 0 Å². The molecule has 0 radical (unpaired) electrons. The van der Waals surface area contributed by atoms with Crippen molar-refractivity contribution in [3.05, 3.63) is 0 Å². The molecular weight excluding hydrogens is 248 g/mol. The van der Waals surface area contributed by atoms with E-state index in [1.807, 2.05) is 6.92 Å². The predicted molar refractivity (Wildman–Crippen MR) is 75.8 cm³/mol. The Labute approximate surface area is 112 Å². The zero-order valence-electron chi connectivity index (χ0n) is 11.7. The molecule has 3 N–H and O–H groups in total. The SMILES string of the molecule is CCCC(C)CS(=O)(=O)NC(CN)C1CCCC1. The van der Waals surface area contributed by atoms with Gasteiger partial charge < -0.3 is 5.73 Å². The van der Waals surface area contributed by atoms with Gasteiger partial charge in [0.15, 0.2) is 0 Å². The summed E-state index contributed by atoms with van der Waals surface area (Å²) in [7, 11) is -3.18. The van der Waals surface area contributed by atoms with Gasteiger partial charge in [-0.05, 0) is 31.1 Å². The van der Waals surface area contributed by atoms with Crippen molar-refractivity contribution in [1.29, 1.82) is 0 Å². The lowest BCUT2D eigenvalue weighted by Gasteiger charge is -2.23. The number of hydrogen-bond donors (Lipinski definition) is 2. The Morgan fingerprint density at radius 3 is 2.44 bits per heavy atom. The predicted octanol–water partition coefficient (Wildman–Crippen LogP) is 1.86. The summed E-state index contributed by atoms with van der Waals surface area (Å²) in [4.78, 5) is 0. The van der Waals surface area contributed by atoms with Gasteiger partial charge in [0.05, 0.1) is 5.75 Å². The van der Waals surface area contributed by atoms with Gasteiger partial charge in [0, 0.05) is 12.6 Å². The third-order valence-corrected chi connectivity index (χ3v) is 5.51. The molecule has 4 nitrogen and oxygen atoms in total. The van der Waals surface area contributed by atoms with Crippen LogP contribution in [0.1, 0.15) is 52.4 Å². The molecule has 0 saturated heterocycles. The van der Waals surface area contributed by atoms with Crippen LogP contribution in [0.4, 0.5) is 0 Å². The molecule has 5 heteroatoms. The van der Waals surface area contributed by atoms with E-state index < -0.39 is 10.0 Å². The summed E-state index contributed by atoms with van der Waals surface area (Å²) in [6, 6.07) is -0.0636. The standard InChI is InChI=1S/C13H28N2O2S/c1-3-6-11(2)10-18(16,17)15-13(9-14)12-7-4-5-8-12/h11-13,15H,3-10,14H2,1-2H3. The minimum absolute atomic E-state index is 0.0636. The molecule has 1 aliphatic rings. The van der Waals surface area contributed by atoms with Gasteiger partial charge in [-0.2, -0.15) is 0 Å². The van der Waals surface area contributed by atoms with Crippen molar-refractivity contribution in [2.75, 3.05) is 12.3 Å². The third kappa shape index (κ3) is 5.24. The normalized spacial score (nSPS) is 21.1. The highest BCUT2D eigenvalue weighted by atomic mass is 32.2. The van der Waals surface area contributed by atoms with Crippen LogP contribution in [-0.2, 0) is 10.0 Å². The number of rotatable bonds is 8. The van der Waals surface area contributed by atoms with Crippen molar-refractivity contribution in [2.45, 2.75) is 58.4 Å². The first kappa shape index (κ1) is 15.9. The van der Waals surface area contributed by atoms with E-state index in [4.69, 9.17) is 5.73 Å². The summed E-state index contributed by atoms with van der Waals surface area (Å²) in [6.07, 6.45) is 6.60. The van der Waals surface area contributed by atoms with Crippen LogP contribution in [0.5, 0.6) is 0 Å². The fraction of sp³-hybridized carbons (Fsp3) is 1.00. The first-order valence-corrected chi connectivity index (χ1v) is 8.83. The lowest BCUT2D eigenvalue weighted by Crippen LogP contribution is -2.46. The van der Waals surface area contributed by atoms with E-state index in [0.29, 0.717) is 12.5 Å². The van der Waals surface area contributed by atoms with Crippen molar-refractivity contribution in [2.24, 2.45) is 17.6 Å². The number of nitrogens with one attached hydrogen (secondary N) is 1. The smallest absolute Gasteiger partial charge is 0.212 e. The molecule has 1 fully saturated rings. The van der Waals surface area contributed by atoms with E-state index in [9.17, 15) is 8.42 Å². The molecule has 0 aromatic rings. The topological polar surface area (TPSA) is 72.2 Å². The monoisotopic (exact) mass is 276 g/mol. The summed E-state index contributed by atoms with van der Waals surface area (Å²) >= 11 is 0. The quantitative estimate of drug-likeness (QED) is 0.711. The van der Waals surface area contributed by atoms with Crippen LogP contribution in [-0.4, -0.2) is 26.8 Å². The average Bonchev–Trinajstić information content (AvgIpc) is 2.78. The maximum absolute atomic E-state index is 12.1. The molecule has 0 amide bonds. The largest absolute Gasteiger partial charge is 0.329 e. The Kier molecular flexibility index (Phi) is 6.60. The molecule has 2 unspecified atom stereocenters. The molecular formula is C13H28N2O2S. The molecule has 0 heterocycles. The van der Waals surface area contributed by atoms with E-state index in [0.717, 1.165) is 25.7 Å². The van der Waals surface area contributed by atoms with E-state index in [2.05, 4.69) is 11.6 Å².